The number of benzene rings is 1. The molecule has 0 aromatic heterocycles. The number of nitro groups is 1. The summed E-state index contributed by atoms with van der Waals surface area (Å²) in [6, 6.07) is 4.31. The molecule has 6 nitrogen and oxygen atoms in total. The van der Waals surface area contributed by atoms with E-state index in [-0.39, 0.29) is 17.2 Å². The van der Waals surface area contributed by atoms with Gasteiger partial charge in [-0.1, -0.05) is 20.8 Å². The van der Waals surface area contributed by atoms with Crippen molar-refractivity contribution in [3.63, 3.8) is 0 Å². The predicted octanol–water partition coefficient (Wildman–Crippen LogP) is 3.40. The molecule has 0 spiro atoms. The summed E-state index contributed by atoms with van der Waals surface area (Å²) in [7, 11) is 0.288. The average Bonchev–Trinajstić information content (AvgIpc) is 2.41. The molecular formula is C15H25NO5Si. The molecule has 0 saturated carbocycles. The number of nitrogens with zero attached hydrogens (tertiary/aromatic N) is 1. The molecule has 0 aliphatic carbocycles. The summed E-state index contributed by atoms with van der Waals surface area (Å²) >= 11 is 0. The Hall–Kier alpha value is -1.60. The van der Waals surface area contributed by atoms with Crippen molar-refractivity contribution < 1.29 is 18.8 Å². The zero-order chi connectivity index (χ0) is 16.9. The fourth-order valence-electron chi connectivity index (χ4n) is 1.88. The van der Waals surface area contributed by atoms with Crippen molar-refractivity contribution in [1.29, 1.82) is 0 Å². The fraction of sp³-hybridized carbons (Fsp3) is 0.600. The van der Waals surface area contributed by atoms with E-state index in [0.29, 0.717) is 18.1 Å². The van der Waals surface area contributed by atoms with E-state index < -0.39 is 14.0 Å². The van der Waals surface area contributed by atoms with Crippen molar-refractivity contribution in [2.24, 2.45) is 5.41 Å². The smallest absolute Gasteiger partial charge is 0.273 e. The lowest BCUT2D eigenvalue weighted by atomic mass is 9.90. The molecule has 0 radical (unpaired) electrons. The van der Waals surface area contributed by atoms with Gasteiger partial charge in [0.25, 0.3) is 5.69 Å². The lowest BCUT2D eigenvalue weighted by molar-refractivity contribution is -0.385. The monoisotopic (exact) mass is 327 g/mol. The van der Waals surface area contributed by atoms with Gasteiger partial charge in [-0.3, -0.25) is 10.1 Å². The predicted molar refractivity (Wildman–Crippen MR) is 88.3 cm³/mol. The molecule has 1 aromatic rings. The largest absolute Gasteiger partial charge is 0.493 e. The van der Waals surface area contributed by atoms with Crippen LogP contribution in [0, 0.1) is 15.5 Å². The summed E-state index contributed by atoms with van der Waals surface area (Å²) in [4.78, 5) is 10.4. The summed E-state index contributed by atoms with van der Waals surface area (Å²) in [6.07, 6.45) is -0.0804. The fourth-order valence-corrected chi connectivity index (χ4v) is 3.02. The topological polar surface area (TPSA) is 70.8 Å². The SMILES string of the molecule is COc1ccc([N+](=O)[O-])cc1OCC(O[SiH](C)C)C(C)(C)C. The summed E-state index contributed by atoms with van der Waals surface area (Å²) in [5, 5.41) is 10.9. The third-order valence-electron chi connectivity index (χ3n) is 3.15. The Bertz CT molecular complexity index is 513. The van der Waals surface area contributed by atoms with Crippen LogP contribution in [0.4, 0.5) is 5.69 Å². The van der Waals surface area contributed by atoms with Gasteiger partial charge < -0.3 is 13.9 Å². The van der Waals surface area contributed by atoms with Gasteiger partial charge in [0.15, 0.2) is 20.5 Å². The molecular weight excluding hydrogens is 302 g/mol. The highest BCUT2D eigenvalue weighted by molar-refractivity contribution is 6.48. The van der Waals surface area contributed by atoms with Crippen molar-refractivity contribution in [3.05, 3.63) is 28.3 Å². The molecule has 1 aromatic carbocycles. The van der Waals surface area contributed by atoms with Gasteiger partial charge in [0, 0.05) is 6.07 Å². The second-order valence-electron chi connectivity index (χ2n) is 6.44. The quantitative estimate of drug-likeness (QED) is 0.436. The first-order chi connectivity index (χ1) is 10.1. The summed E-state index contributed by atoms with van der Waals surface area (Å²) < 4.78 is 17.0. The van der Waals surface area contributed by atoms with Crippen LogP contribution >= 0.6 is 0 Å². The van der Waals surface area contributed by atoms with Crippen LogP contribution in [0.3, 0.4) is 0 Å². The van der Waals surface area contributed by atoms with Crippen LogP contribution in [-0.2, 0) is 4.43 Å². The van der Waals surface area contributed by atoms with Gasteiger partial charge in [-0.25, -0.2) is 0 Å². The summed E-state index contributed by atoms with van der Waals surface area (Å²) in [5.74, 6) is 0.833. The van der Waals surface area contributed by atoms with Gasteiger partial charge in [-0.2, -0.15) is 0 Å². The van der Waals surface area contributed by atoms with E-state index in [4.69, 9.17) is 13.9 Å². The second kappa shape index (κ2) is 7.60. The van der Waals surface area contributed by atoms with Crippen molar-refractivity contribution in [1.82, 2.24) is 0 Å². The van der Waals surface area contributed by atoms with Gasteiger partial charge >= 0.3 is 0 Å². The zero-order valence-corrected chi connectivity index (χ0v) is 15.2. The molecule has 0 aliphatic heterocycles. The van der Waals surface area contributed by atoms with Crippen LogP contribution < -0.4 is 9.47 Å². The van der Waals surface area contributed by atoms with E-state index in [1.165, 1.54) is 25.3 Å². The van der Waals surface area contributed by atoms with E-state index >= 15 is 0 Å². The first kappa shape index (κ1) is 18.4. The van der Waals surface area contributed by atoms with Crippen LogP contribution in [0.15, 0.2) is 18.2 Å². The minimum Gasteiger partial charge on any atom is -0.493 e. The highest BCUT2D eigenvalue weighted by Gasteiger charge is 2.27. The summed E-state index contributed by atoms with van der Waals surface area (Å²) in [6.45, 7) is 10.8. The molecule has 124 valence electrons. The van der Waals surface area contributed by atoms with E-state index in [1.54, 1.807) is 0 Å². The number of rotatable bonds is 7. The number of nitro benzene ring substituents is 1. The molecule has 0 saturated heterocycles. The van der Waals surface area contributed by atoms with Crippen LogP contribution in [0.2, 0.25) is 13.1 Å². The minimum absolute atomic E-state index is 0.0257. The Labute approximate surface area is 133 Å². The number of methoxy groups -OCH3 is 1. The minimum atomic E-state index is -1.22. The third kappa shape index (κ3) is 5.30. The first-order valence-corrected chi connectivity index (χ1v) is 10.0. The lowest BCUT2D eigenvalue weighted by Gasteiger charge is -2.32. The Morgan fingerprint density at radius 2 is 1.91 bits per heavy atom. The number of ether oxygens (including phenoxy) is 2. The van der Waals surface area contributed by atoms with Crippen molar-refractivity contribution in [2.45, 2.75) is 40.0 Å². The standard InChI is InChI=1S/C15H25NO5Si/c1-15(2,3)14(21-22(5)6)10-20-13-9-11(16(17)18)7-8-12(13)19-4/h7-9,14,22H,10H2,1-6H3. The molecule has 22 heavy (non-hydrogen) atoms. The van der Waals surface area contributed by atoms with E-state index in [1.807, 2.05) is 0 Å². The zero-order valence-electron chi connectivity index (χ0n) is 14.1. The van der Waals surface area contributed by atoms with E-state index in [0.717, 1.165) is 0 Å². The van der Waals surface area contributed by atoms with Crippen molar-refractivity contribution in [3.8, 4) is 11.5 Å². The normalized spacial score (nSPS) is 13.0. The van der Waals surface area contributed by atoms with Crippen LogP contribution in [0.1, 0.15) is 20.8 Å². The highest BCUT2D eigenvalue weighted by Crippen LogP contribution is 2.32. The third-order valence-corrected chi connectivity index (χ3v) is 4.02. The summed E-state index contributed by atoms with van der Waals surface area (Å²) in [5.41, 5.74) is -0.104. The molecule has 1 atom stereocenters. The van der Waals surface area contributed by atoms with Crippen LogP contribution in [-0.4, -0.2) is 33.8 Å². The van der Waals surface area contributed by atoms with Crippen molar-refractivity contribution in [2.75, 3.05) is 13.7 Å². The second-order valence-corrected chi connectivity index (χ2v) is 8.81. The number of hydrogen-bond donors (Lipinski definition) is 0. The average molecular weight is 327 g/mol. The number of hydrogen-bond acceptors (Lipinski definition) is 5. The van der Waals surface area contributed by atoms with Gasteiger partial charge in [-0.05, 0) is 24.6 Å². The van der Waals surface area contributed by atoms with Gasteiger partial charge in [0.2, 0.25) is 0 Å². The Kier molecular flexibility index (Phi) is 6.37. The first-order valence-electron chi connectivity index (χ1n) is 7.25. The maximum Gasteiger partial charge on any atom is 0.273 e. The van der Waals surface area contributed by atoms with Crippen LogP contribution in [0.25, 0.3) is 0 Å². The molecule has 0 aliphatic rings. The maximum absolute atomic E-state index is 10.9. The Morgan fingerprint density at radius 1 is 1.27 bits per heavy atom. The van der Waals surface area contributed by atoms with Gasteiger partial charge in [-0.15, -0.1) is 0 Å². The highest BCUT2D eigenvalue weighted by atomic mass is 28.3. The molecule has 1 rings (SSSR count). The van der Waals surface area contributed by atoms with E-state index in [9.17, 15) is 10.1 Å². The Balaban J connectivity index is 2.92. The molecule has 0 amide bonds. The lowest BCUT2D eigenvalue weighted by Crippen LogP contribution is -2.38. The van der Waals surface area contributed by atoms with Gasteiger partial charge in [0.05, 0.1) is 24.2 Å². The molecule has 0 N–H and O–H groups in total. The van der Waals surface area contributed by atoms with Gasteiger partial charge in [0.1, 0.15) is 6.61 Å². The van der Waals surface area contributed by atoms with E-state index in [2.05, 4.69) is 33.9 Å². The molecule has 7 heteroatoms. The molecule has 0 heterocycles. The Morgan fingerprint density at radius 3 is 2.36 bits per heavy atom. The molecule has 0 bridgehead atoms. The van der Waals surface area contributed by atoms with Crippen molar-refractivity contribution >= 4 is 14.7 Å². The van der Waals surface area contributed by atoms with Crippen LogP contribution in [0.5, 0.6) is 11.5 Å². The maximum atomic E-state index is 10.9. The molecule has 0 fully saturated rings. The molecule has 1 unspecified atom stereocenters. The number of non-ortho nitro benzene ring substituents is 1.